The van der Waals surface area contributed by atoms with Crippen LogP contribution in [-0.4, -0.2) is 23.7 Å². The molecule has 1 aliphatic rings. The molecular weight excluding hydrogens is 357 g/mol. The Kier molecular flexibility index (Phi) is 4.05. The highest BCUT2D eigenvalue weighted by atomic mass is 16.3. The number of hydrogen-bond acceptors (Lipinski definition) is 3. The topological polar surface area (TPSA) is 33.2 Å². The van der Waals surface area contributed by atoms with E-state index >= 15 is 0 Å². The van der Waals surface area contributed by atoms with Crippen LogP contribution in [0.1, 0.15) is 12.6 Å². The Morgan fingerprint density at radius 1 is 1.00 bits per heavy atom. The third kappa shape index (κ3) is 2.85. The normalized spacial score (nSPS) is 13.6. The van der Waals surface area contributed by atoms with Crippen molar-refractivity contribution >= 4 is 35.2 Å². The quantitative estimate of drug-likeness (QED) is 0.394. The molecule has 0 amide bonds. The van der Waals surface area contributed by atoms with Crippen LogP contribution < -0.4 is 20.8 Å². The number of fused-ring (bicyclic) bond motifs is 3. The fourth-order valence-corrected chi connectivity index (χ4v) is 4.39. The first-order chi connectivity index (χ1) is 14.0. The van der Waals surface area contributed by atoms with E-state index in [1.54, 1.807) is 0 Å². The van der Waals surface area contributed by atoms with Gasteiger partial charge in [0.25, 0.3) is 0 Å². The second kappa shape index (κ2) is 6.62. The Labute approximate surface area is 170 Å². The SMILES string of the molecule is CC1=c2c(oc3nc(C)ccc23)=CN(C)B1c1cc(-c2ccccc2)cc[n+]1C. The van der Waals surface area contributed by atoms with Crippen LogP contribution in [0.3, 0.4) is 0 Å². The van der Waals surface area contributed by atoms with Crippen LogP contribution in [0.15, 0.2) is 65.2 Å². The van der Waals surface area contributed by atoms with Crippen molar-refractivity contribution in [3.8, 4) is 11.1 Å². The zero-order chi connectivity index (χ0) is 20.1. The minimum Gasteiger partial charge on any atom is -0.436 e. The first-order valence-electron chi connectivity index (χ1n) is 9.88. The number of rotatable bonds is 2. The predicted octanol–water partition coefficient (Wildman–Crippen LogP) is 1.92. The van der Waals surface area contributed by atoms with Crippen LogP contribution >= 0.6 is 0 Å². The highest BCUT2D eigenvalue weighted by Crippen LogP contribution is 2.18. The lowest BCUT2D eigenvalue weighted by Gasteiger charge is -2.24. The average molecular weight is 380 g/mol. The molecule has 0 aliphatic carbocycles. The van der Waals surface area contributed by atoms with Gasteiger partial charge in [-0.3, -0.25) is 0 Å². The minimum atomic E-state index is 0.123. The highest BCUT2D eigenvalue weighted by molar-refractivity contribution is 6.85. The Balaban J connectivity index is 1.74. The number of furan rings is 1. The predicted molar refractivity (Wildman–Crippen MR) is 118 cm³/mol. The molecule has 0 atom stereocenters. The monoisotopic (exact) mass is 380 g/mol. The van der Waals surface area contributed by atoms with Crippen LogP contribution in [0.4, 0.5) is 0 Å². The molecule has 0 N–H and O–H groups in total. The summed E-state index contributed by atoms with van der Waals surface area (Å²) >= 11 is 0. The van der Waals surface area contributed by atoms with Crippen molar-refractivity contribution < 1.29 is 8.98 Å². The van der Waals surface area contributed by atoms with Gasteiger partial charge in [-0.25, -0.2) is 9.55 Å². The summed E-state index contributed by atoms with van der Waals surface area (Å²) in [5.74, 6) is 0. The van der Waals surface area contributed by atoms with Gasteiger partial charge < -0.3 is 9.23 Å². The van der Waals surface area contributed by atoms with Gasteiger partial charge in [0.1, 0.15) is 7.05 Å². The molecule has 142 valence electrons. The molecule has 0 radical (unpaired) electrons. The van der Waals surface area contributed by atoms with Gasteiger partial charge in [-0.2, -0.15) is 0 Å². The van der Waals surface area contributed by atoms with Gasteiger partial charge in [-0.05, 0) is 44.2 Å². The zero-order valence-corrected chi connectivity index (χ0v) is 17.2. The summed E-state index contributed by atoms with van der Waals surface area (Å²) in [5.41, 5.74) is 7.52. The van der Waals surface area contributed by atoms with Crippen molar-refractivity contribution in [3.63, 3.8) is 0 Å². The molecular formula is C24H23BN3O+. The number of aromatic nitrogens is 2. The van der Waals surface area contributed by atoms with Crippen molar-refractivity contribution in [1.29, 1.82) is 0 Å². The van der Waals surface area contributed by atoms with Gasteiger partial charge in [0.05, 0.1) is 0 Å². The van der Waals surface area contributed by atoms with Crippen molar-refractivity contribution in [2.45, 2.75) is 13.8 Å². The number of pyridine rings is 2. The highest BCUT2D eigenvalue weighted by Gasteiger charge is 2.35. The zero-order valence-electron chi connectivity index (χ0n) is 17.2. The molecule has 3 aromatic heterocycles. The second-order valence-corrected chi connectivity index (χ2v) is 7.84. The number of benzene rings is 1. The Morgan fingerprint density at radius 2 is 1.79 bits per heavy atom. The smallest absolute Gasteiger partial charge is 0.399 e. The van der Waals surface area contributed by atoms with Gasteiger partial charge in [0.2, 0.25) is 5.71 Å². The van der Waals surface area contributed by atoms with Gasteiger partial charge >= 0.3 is 6.85 Å². The lowest BCUT2D eigenvalue weighted by Crippen LogP contribution is -2.62. The Bertz CT molecular complexity index is 1360. The molecule has 4 aromatic rings. The fourth-order valence-electron chi connectivity index (χ4n) is 4.39. The van der Waals surface area contributed by atoms with E-state index in [4.69, 9.17) is 4.42 Å². The van der Waals surface area contributed by atoms with Gasteiger partial charge in [-0.15, -0.1) is 0 Å². The van der Waals surface area contributed by atoms with Crippen molar-refractivity contribution in [1.82, 2.24) is 9.79 Å². The van der Waals surface area contributed by atoms with E-state index in [9.17, 15) is 0 Å². The molecule has 1 aliphatic heterocycles. The first kappa shape index (κ1) is 17.7. The minimum absolute atomic E-state index is 0.123. The molecule has 0 spiro atoms. The summed E-state index contributed by atoms with van der Waals surface area (Å²) in [6.45, 7) is 4.32. The Morgan fingerprint density at radius 3 is 2.59 bits per heavy atom. The molecule has 5 rings (SSSR count). The second-order valence-electron chi connectivity index (χ2n) is 7.84. The van der Waals surface area contributed by atoms with Crippen molar-refractivity contribution in [2.24, 2.45) is 7.05 Å². The molecule has 0 unspecified atom stereocenters. The third-order valence-electron chi connectivity index (χ3n) is 5.83. The standard InChI is InChI=1S/C24H23BN3O/c1-16-10-11-20-23-17(2)25(28(4)15-21(23)29-24(20)26-16)22-14-19(12-13-27(22)3)18-8-6-5-7-9-18/h5-15H,1-4H3/q+1. The molecule has 29 heavy (non-hydrogen) atoms. The Hall–Kier alpha value is -3.34. The first-order valence-corrected chi connectivity index (χ1v) is 9.88. The van der Waals surface area contributed by atoms with E-state index in [2.05, 4.69) is 102 Å². The summed E-state index contributed by atoms with van der Waals surface area (Å²) in [5, 5.41) is 2.25. The van der Waals surface area contributed by atoms with E-state index < -0.39 is 0 Å². The van der Waals surface area contributed by atoms with E-state index in [0.717, 1.165) is 16.5 Å². The van der Waals surface area contributed by atoms with Crippen molar-refractivity contribution in [3.05, 3.63) is 77.1 Å². The molecule has 1 aromatic carbocycles. The van der Waals surface area contributed by atoms with Crippen molar-refractivity contribution in [2.75, 3.05) is 7.05 Å². The number of aryl methyl sites for hydroxylation is 2. The molecule has 0 saturated carbocycles. The summed E-state index contributed by atoms with van der Waals surface area (Å²) in [6, 6.07) is 19.2. The van der Waals surface area contributed by atoms with Crippen LogP contribution in [0.5, 0.6) is 0 Å². The van der Waals surface area contributed by atoms with Crippen LogP contribution in [0, 0.1) is 6.92 Å². The summed E-state index contributed by atoms with van der Waals surface area (Å²) < 4.78 is 8.29. The molecule has 4 nitrogen and oxygen atoms in total. The molecule has 0 bridgehead atoms. The fraction of sp³-hybridized carbons (Fsp3) is 0.167. The van der Waals surface area contributed by atoms with Crippen LogP contribution in [0.2, 0.25) is 0 Å². The van der Waals surface area contributed by atoms with E-state index in [0.29, 0.717) is 5.71 Å². The number of nitrogens with zero attached hydrogens (tertiary/aromatic N) is 3. The largest absolute Gasteiger partial charge is 0.436 e. The molecule has 0 saturated heterocycles. The van der Waals surface area contributed by atoms with Gasteiger partial charge in [0.15, 0.2) is 17.2 Å². The van der Waals surface area contributed by atoms with E-state index in [-0.39, 0.29) is 6.85 Å². The lowest BCUT2D eigenvalue weighted by molar-refractivity contribution is -0.654. The van der Waals surface area contributed by atoms with E-state index in [1.165, 1.54) is 27.4 Å². The molecule has 0 fully saturated rings. The van der Waals surface area contributed by atoms with Gasteiger partial charge in [-0.1, -0.05) is 35.8 Å². The maximum absolute atomic E-state index is 6.08. The van der Waals surface area contributed by atoms with Crippen LogP contribution in [-0.2, 0) is 7.05 Å². The molecule has 5 heteroatoms. The summed E-state index contributed by atoms with van der Waals surface area (Å²) in [4.78, 5) is 6.82. The van der Waals surface area contributed by atoms with E-state index in [1.807, 2.05) is 6.92 Å². The summed E-state index contributed by atoms with van der Waals surface area (Å²) in [6.07, 6.45) is 4.24. The maximum atomic E-state index is 6.08. The number of hydrogen-bond donors (Lipinski definition) is 0. The van der Waals surface area contributed by atoms with Crippen LogP contribution in [0.25, 0.3) is 33.9 Å². The molecule has 4 heterocycles. The maximum Gasteiger partial charge on any atom is 0.399 e. The van der Waals surface area contributed by atoms with Gasteiger partial charge in [0, 0.05) is 34.6 Å². The average Bonchev–Trinajstić information content (AvgIpc) is 3.07. The summed E-state index contributed by atoms with van der Waals surface area (Å²) in [7, 11) is 4.22. The third-order valence-corrected chi connectivity index (χ3v) is 5.83. The lowest BCUT2D eigenvalue weighted by atomic mass is 9.50.